The quantitative estimate of drug-likeness (QED) is 0.389. The molecule has 8 nitrogen and oxygen atoms in total. The molecule has 2 aromatic heterocycles. The zero-order valence-corrected chi connectivity index (χ0v) is 15.6. The summed E-state index contributed by atoms with van der Waals surface area (Å²) in [7, 11) is 3.01. The number of hydrogen-bond acceptors (Lipinski definition) is 8. The minimum atomic E-state index is -0.449. The number of ether oxygens (including phenoxy) is 2. The molecule has 1 N–H and O–H groups in total. The van der Waals surface area contributed by atoms with Crippen LogP contribution in [0.25, 0.3) is 17.0 Å². The Morgan fingerprint density at radius 1 is 1.30 bits per heavy atom. The van der Waals surface area contributed by atoms with E-state index in [-0.39, 0.29) is 16.5 Å². The Hall–Kier alpha value is -3.33. The summed E-state index contributed by atoms with van der Waals surface area (Å²) in [6.07, 6.45) is 4.48. The number of fused-ring (bicyclic) bond motifs is 1. The predicted octanol–water partition coefficient (Wildman–Crippen LogP) is 4.41. The monoisotopic (exact) mass is 391 g/mol. The SMILES string of the molecule is CC(=O)/C=C/c1ccc([N+](=O)[O-])s1.COc1cc(O)c(OC)c2occc12. The van der Waals surface area contributed by atoms with Gasteiger partial charge in [-0.1, -0.05) is 11.3 Å². The highest BCUT2D eigenvalue weighted by molar-refractivity contribution is 7.16. The standard InChI is InChI=1S/C10H10O4.C8H7NO3S/c1-12-8-5-7(11)10(13-2)9-6(8)3-4-14-9;1-6(10)2-3-7-4-5-8(13-7)9(11)12/h3-5,11H,1-2H3;2-5H,1H3/b;3-2+. The van der Waals surface area contributed by atoms with Gasteiger partial charge in [0.15, 0.2) is 17.1 Å². The first-order valence-electron chi connectivity index (χ1n) is 7.61. The molecule has 142 valence electrons. The van der Waals surface area contributed by atoms with Gasteiger partial charge >= 0.3 is 5.00 Å². The van der Waals surface area contributed by atoms with Gasteiger partial charge in [0.05, 0.1) is 30.8 Å². The molecule has 0 atom stereocenters. The summed E-state index contributed by atoms with van der Waals surface area (Å²) in [6.45, 7) is 1.43. The van der Waals surface area contributed by atoms with Crippen LogP contribution in [0.5, 0.6) is 17.2 Å². The molecular formula is C18H17NO7S. The number of thiophene rings is 1. The normalized spacial score (nSPS) is 10.5. The van der Waals surface area contributed by atoms with Gasteiger partial charge < -0.3 is 19.0 Å². The minimum Gasteiger partial charge on any atom is -0.504 e. The molecule has 2 heterocycles. The Bertz CT molecular complexity index is 987. The van der Waals surface area contributed by atoms with Crippen LogP contribution in [-0.4, -0.2) is 30.0 Å². The molecule has 9 heteroatoms. The number of rotatable bonds is 5. The minimum absolute atomic E-state index is 0.00630. The fraction of sp³-hybridized carbons (Fsp3) is 0.167. The average molecular weight is 391 g/mol. The maximum Gasteiger partial charge on any atom is 0.324 e. The Labute approximate surface area is 158 Å². The van der Waals surface area contributed by atoms with E-state index >= 15 is 0 Å². The summed E-state index contributed by atoms with van der Waals surface area (Å²) < 4.78 is 15.3. The number of nitro groups is 1. The Balaban J connectivity index is 0.000000194. The zero-order valence-electron chi connectivity index (χ0n) is 14.8. The fourth-order valence-corrected chi connectivity index (χ4v) is 2.88. The maximum absolute atomic E-state index is 10.5. The molecule has 0 spiro atoms. The van der Waals surface area contributed by atoms with Gasteiger partial charge in [0.25, 0.3) is 0 Å². The van der Waals surface area contributed by atoms with Gasteiger partial charge in [-0.3, -0.25) is 14.9 Å². The van der Waals surface area contributed by atoms with Crippen molar-refractivity contribution >= 4 is 39.2 Å². The van der Waals surface area contributed by atoms with E-state index in [0.29, 0.717) is 22.0 Å². The van der Waals surface area contributed by atoms with Crippen molar-refractivity contribution < 1.29 is 28.7 Å². The number of carbonyl (C=O) groups excluding carboxylic acids is 1. The third kappa shape index (κ3) is 4.85. The molecule has 27 heavy (non-hydrogen) atoms. The maximum atomic E-state index is 10.5. The molecule has 0 amide bonds. The Morgan fingerprint density at radius 2 is 2.04 bits per heavy atom. The second kappa shape index (κ2) is 8.86. The number of furan rings is 1. The lowest BCUT2D eigenvalue weighted by molar-refractivity contribution is -0.380. The average Bonchev–Trinajstić information content (AvgIpc) is 3.29. The number of benzene rings is 1. The van der Waals surface area contributed by atoms with Crippen molar-refractivity contribution in [1.82, 2.24) is 0 Å². The first kappa shape index (κ1) is 20.0. The largest absolute Gasteiger partial charge is 0.504 e. The molecule has 1 aromatic carbocycles. The summed E-state index contributed by atoms with van der Waals surface area (Å²) in [4.78, 5) is 21.1. The van der Waals surface area contributed by atoms with E-state index in [4.69, 9.17) is 13.9 Å². The lowest BCUT2D eigenvalue weighted by Crippen LogP contribution is -1.88. The van der Waals surface area contributed by atoms with E-state index < -0.39 is 4.92 Å². The second-order valence-corrected chi connectivity index (χ2v) is 6.27. The molecule has 3 rings (SSSR count). The van der Waals surface area contributed by atoms with Gasteiger partial charge in [0, 0.05) is 17.0 Å². The highest BCUT2D eigenvalue weighted by Crippen LogP contribution is 2.40. The number of phenolic OH excluding ortho intramolecular Hbond substituents is 1. The van der Waals surface area contributed by atoms with Crippen LogP contribution in [0, 0.1) is 10.1 Å². The number of allylic oxidation sites excluding steroid dienone is 1. The fourth-order valence-electron chi connectivity index (χ4n) is 2.16. The van der Waals surface area contributed by atoms with Gasteiger partial charge in [-0.05, 0) is 31.2 Å². The third-order valence-electron chi connectivity index (χ3n) is 3.34. The van der Waals surface area contributed by atoms with E-state index in [1.165, 1.54) is 45.6 Å². The first-order chi connectivity index (χ1) is 12.9. The molecule has 0 unspecified atom stereocenters. The third-order valence-corrected chi connectivity index (χ3v) is 4.34. The molecule has 0 saturated carbocycles. The molecule has 0 bridgehead atoms. The summed E-state index contributed by atoms with van der Waals surface area (Å²) in [5.41, 5.74) is 0.490. The summed E-state index contributed by atoms with van der Waals surface area (Å²) >= 11 is 1.04. The van der Waals surface area contributed by atoms with Crippen LogP contribution < -0.4 is 9.47 Å². The van der Waals surface area contributed by atoms with Crippen LogP contribution in [0.4, 0.5) is 5.00 Å². The highest BCUT2D eigenvalue weighted by Gasteiger charge is 2.15. The van der Waals surface area contributed by atoms with E-state index in [2.05, 4.69) is 0 Å². The van der Waals surface area contributed by atoms with Crippen LogP contribution in [0.1, 0.15) is 11.8 Å². The van der Waals surface area contributed by atoms with Crippen LogP contribution in [-0.2, 0) is 4.79 Å². The van der Waals surface area contributed by atoms with Gasteiger partial charge in [0.2, 0.25) is 5.75 Å². The van der Waals surface area contributed by atoms with Gasteiger partial charge in [-0.2, -0.15) is 0 Å². The number of hydrogen-bond donors (Lipinski definition) is 1. The van der Waals surface area contributed by atoms with Crippen molar-refractivity contribution in [2.45, 2.75) is 6.92 Å². The van der Waals surface area contributed by atoms with Gasteiger partial charge in [-0.15, -0.1) is 0 Å². The summed E-state index contributed by atoms with van der Waals surface area (Å²) in [5.74, 6) is 0.820. The van der Waals surface area contributed by atoms with Crippen molar-refractivity contribution in [3.8, 4) is 17.2 Å². The number of carbonyl (C=O) groups is 1. The van der Waals surface area contributed by atoms with E-state index in [0.717, 1.165) is 16.7 Å². The van der Waals surface area contributed by atoms with Crippen LogP contribution in [0.2, 0.25) is 0 Å². The molecule has 0 aliphatic heterocycles. The van der Waals surface area contributed by atoms with Crippen molar-refractivity contribution in [1.29, 1.82) is 0 Å². The summed E-state index contributed by atoms with van der Waals surface area (Å²) in [6, 6.07) is 6.29. The number of phenols is 1. The zero-order chi connectivity index (χ0) is 20.0. The van der Waals surface area contributed by atoms with Crippen molar-refractivity contribution in [2.24, 2.45) is 0 Å². The topological polar surface area (TPSA) is 112 Å². The van der Waals surface area contributed by atoms with Crippen molar-refractivity contribution in [2.75, 3.05) is 14.2 Å². The lowest BCUT2D eigenvalue weighted by Gasteiger charge is -2.07. The van der Waals surface area contributed by atoms with Gasteiger partial charge in [0.1, 0.15) is 5.75 Å². The Kier molecular flexibility index (Phi) is 6.56. The molecule has 0 fully saturated rings. The second-order valence-electron chi connectivity index (χ2n) is 5.17. The number of aromatic hydroxyl groups is 1. The highest BCUT2D eigenvalue weighted by atomic mass is 32.1. The van der Waals surface area contributed by atoms with Crippen LogP contribution >= 0.6 is 11.3 Å². The predicted molar refractivity (Wildman–Crippen MR) is 102 cm³/mol. The summed E-state index contributed by atoms with van der Waals surface area (Å²) in [5, 5.41) is 20.7. The molecular weight excluding hydrogens is 374 g/mol. The van der Waals surface area contributed by atoms with E-state index in [1.54, 1.807) is 18.2 Å². The molecule has 0 aliphatic rings. The number of methoxy groups -OCH3 is 2. The van der Waals surface area contributed by atoms with Gasteiger partial charge in [-0.25, -0.2) is 0 Å². The number of nitrogens with zero attached hydrogens (tertiary/aromatic N) is 1. The number of ketones is 1. The van der Waals surface area contributed by atoms with Crippen molar-refractivity contribution in [3.05, 3.63) is 51.6 Å². The molecule has 0 aliphatic carbocycles. The van der Waals surface area contributed by atoms with E-state index in [9.17, 15) is 20.0 Å². The smallest absolute Gasteiger partial charge is 0.324 e. The first-order valence-corrected chi connectivity index (χ1v) is 8.43. The van der Waals surface area contributed by atoms with Crippen LogP contribution in [0.3, 0.4) is 0 Å². The Morgan fingerprint density at radius 3 is 2.59 bits per heavy atom. The molecule has 0 radical (unpaired) electrons. The van der Waals surface area contributed by atoms with Crippen molar-refractivity contribution in [3.63, 3.8) is 0 Å². The van der Waals surface area contributed by atoms with Crippen LogP contribution in [0.15, 0.2) is 41.0 Å². The molecule has 3 aromatic rings. The lowest BCUT2D eigenvalue weighted by atomic mass is 10.2. The van der Waals surface area contributed by atoms with E-state index in [1.807, 2.05) is 0 Å². The molecule has 0 saturated heterocycles.